The van der Waals surface area contributed by atoms with Crippen molar-refractivity contribution in [1.29, 1.82) is 0 Å². The largest absolute Gasteiger partial charge is 0.349 e. The van der Waals surface area contributed by atoms with Crippen molar-refractivity contribution in [1.82, 2.24) is 14.9 Å². The average Bonchev–Trinajstić information content (AvgIpc) is 3.59. The molecule has 4 aromatic rings. The maximum Gasteiger partial charge on any atom is 0.257 e. The molecular formula is C24H19N3O2. The number of hydrogen-bond donors (Lipinski definition) is 1. The molecule has 2 heterocycles. The highest BCUT2D eigenvalue weighted by atomic mass is 16.2. The third-order valence-electron chi connectivity index (χ3n) is 5.15. The summed E-state index contributed by atoms with van der Waals surface area (Å²) in [5.41, 5.74) is 3.37. The highest BCUT2D eigenvalue weighted by molar-refractivity contribution is 5.97. The van der Waals surface area contributed by atoms with E-state index in [1.807, 2.05) is 47.0 Å². The summed E-state index contributed by atoms with van der Waals surface area (Å²) in [4.78, 5) is 30.0. The van der Waals surface area contributed by atoms with Gasteiger partial charge in [0.2, 0.25) is 5.43 Å². The lowest BCUT2D eigenvalue weighted by molar-refractivity contribution is 0.0949. The molecule has 1 saturated carbocycles. The van der Waals surface area contributed by atoms with Gasteiger partial charge in [0, 0.05) is 24.1 Å². The van der Waals surface area contributed by atoms with Gasteiger partial charge in [-0.3, -0.25) is 9.59 Å². The van der Waals surface area contributed by atoms with E-state index in [0.29, 0.717) is 11.0 Å². The van der Waals surface area contributed by atoms with Crippen LogP contribution in [0.2, 0.25) is 0 Å². The van der Waals surface area contributed by atoms with Gasteiger partial charge in [-0.05, 0) is 48.2 Å². The molecule has 0 radical (unpaired) electrons. The van der Waals surface area contributed by atoms with E-state index in [1.54, 1.807) is 24.5 Å². The molecule has 0 unspecified atom stereocenters. The normalized spacial score (nSPS) is 13.4. The second-order valence-electron chi connectivity index (χ2n) is 7.28. The zero-order valence-electron chi connectivity index (χ0n) is 15.7. The fraction of sp³-hybridized carbons (Fsp3) is 0.125. The SMILES string of the molecule is O=C(NC1CC1)c1cn(-c2cccc(-c3ccccc3)c2)c2ncccc2c1=O. The lowest BCUT2D eigenvalue weighted by Gasteiger charge is -2.14. The van der Waals surface area contributed by atoms with Crippen molar-refractivity contribution < 1.29 is 4.79 Å². The van der Waals surface area contributed by atoms with E-state index in [-0.39, 0.29) is 22.9 Å². The molecule has 0 aliphatic heterocycles. The number of pyridine rings is 2. The van der Waals surface area contributed by atoms with E-state index in [1.165, 1.54) is 0 Å². The molecule has 2 aromatic carbocycles. The average molecular weight is 381 g/mol. The molecule has 0 saturated heterocycles. The van der Waals surface area contributed by atoms with Gasteiger partial charge in [0.05, 0.1) is 5.39 Å². The molecule has 5 rings (SSSR count). The predicted molar refractivity (Wildman–Crippen MR) is 113 cm³/mol. The van der Waals surface area contributed by atoms with E-state index >= 15 is 0 Å². The Bertz CT molecular complexity index is 1270. The molecule has 0 spiro atoms. The minimum atomic E-state index is -0.323. The van der Waals surface area contributed by atoms with Crippen molar-refractivity contribution in [2.45, 2.75) is 18.9 Å². The van der Waals surface area contributed by atoms with E-state index in [9.17, 15) is 9.59 Å². The van der Waals surface area contributed by atoms with E-state index in [4.69, 9.17) is 0 Å². The van der Waals surface area contributed by atoms with Crippen LogP contribution in [0.4, 0.5) is 0 Å². The lowest BCUT2D eigenvalue weighted by atomic mass is 10.0. The second-order valence-corrected chi connectivity index (χ2v) is 7.28. The summed E-state index contributed by atoms with van der Waals surface area (Å²) in [6.07, 6.45) is 5.20. The third-order valence-corrected chi connectivity index (χ3v) is 5.15. The zero-order valence-corrected chi connectivity index (χ0v) is 15.7. The van der Waals surface area contributed by atoms with Crippen molar-refractivity contribution in [2.24, 2.45) is 0 Å². The Morgan fingerprint density at radius 3 is 2.55 bits per heavy atom. The number of aromatic nitrogens is 2. The number of carbonyl (C=O) groups is 1. The summed E-state index contributed by atoms with van der Waals surface area (Å²) >= 11 is 0. The predicted octanol–water partition coefficient (Wildman–Crippen LogP) is 3.94. The van der Waals surface area contributed by atoms with Crippen LogP contribution < -0.4 is 10.7 Å². The smallest absolute Gasteiger partial charge is 0.257 e. The summed E-state index contributed by atoms with van der Waals surface area (Å²) in [5.74, 6) is -0.323. The van der Waals surface area contributed by atoms with Crippen molar-refractivity contribution in [3.8, 4) is 16.8 Å². The topological polar surface area (TPSA) is 64.0 Å². The van der Waals surface area contributed by atoms with Crippen molar-refractivity contribution in [2.75, 3.05) is 0 Å². The van der Waals surface area contributed by atoms with Gasteiger partial charge in [-0.2, -0.15) is 0 Å². The fourth-order valence-corrected chi connectivity index (χ4v) is 3.48. The molecule has 0 bridgehead atoms. The number of nitrogens with one attached hydrogen (secondary N) is 1. The molecule has 1 N–H and O–H groups in total. The minimum absolute atomic E-state index is 0.141. The molecule has 5 heteroatoms. The number of hydrogen-bond acceptors (Lipinski definition) is 3. The van der Waals surface area contributed by atoms with Gasteiger partial charge in [0.1, 0.15) is 11.2 Å². The summed E-state index contributed by atoms with van der Waals surface area (Å²) in [7, 11) is 0. The minimum Gasteiger partial charge on any atom is -0.349 e. The number of amides is 1. The van der Waals surface area contributed by atoms with Crippen LogP contribution >= 0.6 is 0 Å². The van der Waals surface area contributed by atoms with Gasteiger partial charge < -0.3 is 9.88 Å². The molecule has 1 amide bonds. The van der Waals surface area contributed by atoms with E-state index < -0.39 is 0 Å². The molecule has 1 fully saturated rings. The van der Waals surface area contributed by atoms with Crippen LogP contribution in [0.3, 0.4) is 0 Å². The molecule has 1 aliphatic carbocycles. The lowest BCUT2D eigenvalue weighted by Crippen LogP contribution is -2.31. The molecule has 5 nitrogen and oxygen atoms in total. The number of carbonyl (C=O) groups excluding carboxylic acids is 1. The first-order chi connectivity index (χ1) is 14.2. The van der Waals surface area contributed by atoms with E-state index in [0.717, 1.165) is 29.7 Å². The Labute approximate surface area is 167 Å². The van der Waals surface area contributed by atoms with Gasteiger partial charge in [0.15, 0.2) is 0 Å². The standard InChI is InChI=1S/C24H19N3O2/c28-22-20-10-5-13-25-23(20)27(15-21(22)24(29)26-18-11-12-18)19-9-4-8-17(14-19)16-6-2-1-3-7-16/h1-10,13-15,18H,11-12H2,(H,26,29). The van der Waals surface area contributed by atoms with Gasteiger partial charge in [-0.15, -0.1) is 0 Å². The maximum atomic E-state index is 12.9. The molecule has 29 heavy (non-hydrogen) atoms. The Balaban J connectivity index is 1.69. The van der Waals surface area contributed by atoms with Crippen LogP contribution in [0.15, 0.2) is 83.9 Å². The van der Waals surface area contributed by atoms with Crippen LogP contribution in [0, 0.1) is 0 Å². The van der Waals surface area contributed by atoms with Crippen LogP contribution in [0.5, 0.6) is 0 Å². The fourth-order valence-electron chi connectivity index (χ4n) is 3.48. The highest BCUT2D eigenvalue weighted by Crippen LogP contribution is 2.24. The Morgan fingerprint density at radius 1 is 0.966 bits per heavy atom. The first-order valence-electron chi connectivity index (χ1n) is 9.68. The first kappa shape index (κ1) is 17.4. The Morgan fingerprint density at radius 2 is 1.76 bits per heavy atom. The molecule has 142 valence electrons. The van der Waals surface area contributed by atoms with Gasteiger partial charge >= 0.3 is 0 Å². The summed E-state index contributed by atoms with van der Waals surface area (Å²) < 4.78 is 1.82. The molecule has 2 aromatic heterocycles. The van der Waals surface area contributed by atoms with Crippen molar-refractivity contribution >= 4 is 16.9 Å². The summed E-state index contributed by atoms with van der Waals surface area (Å²) in [6.45, 7) is 0. The van der Waals surface area contributed by atoms with Crippen molar-refractivity contribution in [3.63, 3.8) is 0 Å². The molecule has 1 aliphatic rings. The number of rotatable bonds is 4. The van der Waals surface area contributed by atoms with Crippen molar-refractivity contribution in [3.05, 3.63) is 94.9 Å². The highest BCUT2D eigenvalue weighted by Gasteiger charge is 2.26. The van der Waals surface area contributed by atoms with Crippen LogP contribution in [0.25, 0.3) is 27.8 Å². The zero-order chi connectivity index (χ0) is 19.8. The second kappa shape index (κ2) is 7.02. The monoisotopic (exact) mass is 381 g/mol. The van der Waals surface area contributed by atoms with Gasteiger partial charge in [0.25, 0.3) is 5.91 Å². The van der Waals surface area contributed by atoms with Crippen LogP contribution in [-0.2, 0) is 0 Å². The quantitative estimate of drug-likeness (QED) is 0.582. The van der Waals surface area contributed by atoms with E-state index in [2.05, 4.69) is 22.4 Å². The third kappa shape index (κ3) is 3.31. The van der Waals surface area contributed by atoms with Gasteiger partial charge in [-0.1, -0.05) is 42.5 Å². The Kier molecular flexibility index (Phi) is 4.21. The maximum absolute atomic E-state index is 12.9. The first-order valence-corrected chi connectivity index (χ1v) is 9.68. The number of nitrogens with zero attached hydrogens (tertiary/aromatic N) is 2. The van der Waals surface area contributed by atoms with Gasteiger partial charge in [-0.25, -0.2) is 4.98 Å². The summed E-state index contributed by atoms with van der Waals surface area (Å²) in [5, 5.41) is 3.35. The Hall–Kier alpha value is -3.73. The number of benzene rings is 2. The molecule has 0 atom stereocenters. The van der Waals surface area contributed by atoms with Crippen LogP contribution in [0.1, 0.15) is 23.2 Å². The summed E-state index contributed by atoms with van der Waals surface area (Å²) in [6, 6.07) is 21.7. The number of fused-ring (bicyclic) bond motifs is 1. The molecular weight excluding hydrogens is 362 g/mol. The van der Waals surface area contributed by atoms with Crippen LogP contribution in [-0.4, -0.2) is 21.5 Å².